The minimum atomic E-state index is -3.85. The van der Waals surface area contributed by atoms with Gasteiger partial charge in [0.25, 0.3) is 0 Å². The van der Waals surface area contributed by atoms with E-state index in [4.69, 9.17) is 5.11 Å². The first-order chi connectivity index (χ1) is 18.4. The van der Waals surface area contributed by atoms with E-state index >= 15 is 0 Å². The van der Waals surface area contributed by atoms with Crippen LogP contribution in [0, 0.1) is 5.82 Å². The Bertz CT molecular complexity index is 1340. The number of carboxylic acid groups (broad SMARTS) is 1. The number of rotatable bonds is 14. The largest absolute Gasteiger partial charge is 0.481 e. The average Bonchev–Trinajstić information content (AvgIpc) is 2.89. The van der Waals surface area contributed by atoms with Crippen LogP contribution >= 0.6 is 0 Å². The van der Waals surface area contributed by atoms with Gasteiger partial charge < -0.3 is 15.5 Å². The number of halogens is 1. The molecule has 210 valence electrons. The maximum atomic E-state index is 13.2. The molecule has 0 unspecified atom stereocenters. The summed E-state index contributed by atoms with van der Waals surface area (Å²) in [5.74, 6) is -1.17. The number of aryl methyl sites for hydroxylation is 1. The first kappa shape index (κ1) is 30.4. The summed E-state index contributed by atoms with van der Waals surface area (Å²) in [6.45, 7) is 4.22. The van der Waals surface area contributed by atoms with Gasteiger partial charge in [0.15, 0.2) is 0 Å². The third-order valence-corrected chi connectivity index (χ3v) is 8.47. The summed E-state index contributed by atoms with van der Waals surface area (Å²) in [5, 5.41) is 22.9. The predicted octanol–water partition coefficient (Wildman–Crippen LogP) is 4.49. The van der Waals surface area contributed by atoms with Crippen LogP contribution in [0.4, 0.5) is 4.39 Å². The van der Waals surface area contributed by atoms with Crippen molar-refractivity contribution in [3.8, 4) is 11.1 Å². The van der Waals surface area contributed by atoms with E-state index in [1.165, 1.54) is 25.2 Å². The van der Waals surface area contributed by atoms with E-state index in [2.05, 4.69) is 5.32 Å². The van der Waals surface area contributed by atoms with Crippen molar-refractivity contribution in [3.05, 3.63) is 89.7 Å². The minimum absolute atomic E-state index is 0.0743. The Kier molecular flexibility index (Phi) is 10.4. The molecule has 3 rings (SSSR count). The van der Waals surface area contributed by atoms with E-state index in [1.54, 1.807) is 54.6 Å². The standard InChI is InChI=1S/C30H37FN2O5S/c1-30(2,17-5-6-22-11-15-26(31)16-12-22)32-20-27(34)21-33(3)39(37,38)28-8-4-7-25(19-28)24-13-9-23(10-14-24)18-29(35)36/h4,7-16,19,27,32,34H,5-6,17-18,20-21H2,1-3H3,(H,35,36)/t27-/m1/s1. The molecule has 0 amide bonds. The van der Waals surface area contributed by atoms with E-state index < -0.39 is 22.1 Å². The highest BCUT2D eigenvalue weighted by Crippen LogP contribution is 2.25. The van der Waals surface area contributed by atoms with Crippen LogP contribution in [0.3, 0.4) is 0 Å². The van der Waals surface area contributed by atoms with Crippen LogP contribution in [0.1, 0.15) is 37.8 Å². The molecular weight excluding hydrogens is 519 g/mol. The highest BCUT2D eigenvalue weighted by Gasteiger charge is 2.25. The van der Waals surface area contributed by atoms with Crippen molar-refractivity contribution >= 4 is 16.0 Å². The molecule has 0 saturated heterocycles. The van der Waals surface area contributed by atoms with Crippen LogP contribution in [-0.4, -0.2) is 60.7 Å². The SMILES string of the molecule is CN(C[C@H](O)CNC(C)(C)CCCc1ccc(F)cc1)S(=O)(=O)c1cccc(-c2ccc(CC(=O)O)cc2)c1. The lowest BCUT2D eigenvalue weighted by Gasteiger charge is -2.29. The van der Waals surface area contributed by atoms with Crippen molar-refractivity contribution in [2.75, 3.05) is 20.1 Å². The molecule has 0 fully saturated rings. The molecule has 3 aromatic carbocycles. The van der Waals surface area contributed by atoms with E-state index in [1.807, 2.05) is 13.8 Å². The number of nitrogens with one attached hydrogen (secondary N) is 1. The molecular formula is C30H37FN2O5S. The van der Waals surface area contributed by atoms with Crippen LogP contribution in [0.25, 0.3) is 11.1 Å². The second kappa shape index (κ2) is 13.3. The number of hydrogen-bond donors (Lipinski definition) is 3. The van der Waals surface area contributed by atoms with Gasteiger partial charge in [-0.2, -0.15) is 4.31 Å². The fourth-order valence-corrected chi connectivity index (χ4v) is 5.59. The first-order valence-electron chi connectivity index (χ1n) is 12.9. The molecule has 3 aromatic rings. The molecule has 0 aliphatic carbocycles. The average molecular weight is 557 g/mol. The van der Waals surface area contributed by atoms with Gasteiger partial charge in [-0.15, -0.1) is 0 Å². The van der Waals surface area contributed by atoms with Crippen LogP contribution < -0.4 is 5.32 Å². The lowest BCUT2D eigenvalue weighted by molar-refractivity contribution is -0.136. The zero-order chi connectivity index (χ0) is 28.6. The zero-order valence-electron chi connectivity index (χ0n) is 22.6. The van der Waals surface area contributed by atoms with E-state index in [0.717, 1.165) is 34.7 Å². The summed E-state index contributed by atoms with van der Waals surface area (Å²) >= 11 is 0. The molecule has 0 spiro atoms. The molecule has 0 heterocycles. The number of aliphatic hydroxyl groups excluding tert-OH is 1. The normalized spacial score (nSPS) is 13.0. The number of sulfonamides is 1. The molecule has 0 radical (unpaired) electrons. The van der Waals surface area contributed by atoms with Crippen LogP contribution in [0.2, 0.25) is 0 Å². The Morgan fingerprint density at radius 2 is 1.64 bits per heavy atom. The van der Waals surface area contributed by atoms with Gasteiger partial charge in [-0.1, -0.05) is 48.5 Å². The summed E-state index contributed by atoms with van der Waals surface area (Å²) in [6, 6.07) is 20.0. The minimum Gasteiger partial charge on any atom is -0.481 e. The predicted molar refractivity (Wildman–Crippen MR) is 150 cm³/mol. The Labute approximate surface area is 230 Å². The van der Waals surface area contributed by atoms with Gasteiger partial charge in [0.2, 0.25) is 10.0 Å². The zero-order valence-corrected chi connectivity index (χ0v) is 23.4. The molecule has 1 atom stereocenters. The Hall–Kier alpha value is -3.11. The molecule has 0 bridgehead atoms. The fourth-order valence-electron chi connectivity index (χ4n) is 4.33. The number of aliphatic hydroxyl groups is 1. The second-order valence-electron chi connectivity index (χ2n) is 10.5. The van der Waals surface area contributed by atoms with Gasteiger partial charge in [-0.05, 0) is 79.6 Å². The first-order valence-corrected chi connectivity index (χ1v) is 14.3. The van der Waals surface area contributed by atoms with E-state index in [-0.39, 0.29) is 35.8 Å². The molecule has 7 nitrogen and oxygen atoms in total. The van der Waals surface area contributed by atoms with Gasteiger partial charge in [0.05, 0.1) is 17.4 Å². The van der Waals surface area contributed by atoms with Crippen molar-refractivity contribution in [3.63, 3.8) is 0 Å². The lowest BCUT2D eigenvalue weighted by atomic mass is 9.95. The van der Waals surface area contributed by atoms with Crippen LogP contribution in [-0.2, 0) is 27.7 Å². The van der Waals surface area contributed by atoms with Gasteiger partial charge in [-0.25, -0.2) is 12.8 Å². The number of benzene rings is 3. The summed E-state index contributed by atoms with van der Waals surface area (Å²) in [7, 11) is -2.40. The molecule has 9 heteroatoms. The topological polar surface area (TPSA) is 107 Å². The third kappa shape index (κ3) is 9.25. The lowest BCUT2D eigenvalue weighted by Crippen LogP contribution is -2.46. The highest BCUT2D eigenvalue weighted by molar-refractivity contribution is 7.89. The van der Waals surface area contributed by atoms with Gasteiger partial charge in [0.1, 0.15) is 5.82 Å². The number of aliphatic carboxylic acids is 1. The van der Waals surface area contributed by atoms with Gasteiger partial charge in [0, 0.05) is 25.7 Å². The number of carboxylic acids is 1. The van der Waals surface area contributed by atoms with Gasteiger partial charge >= 0.3 is 5.97 Å². The number of β-amino-alcohol motifs (C(OH)–C–C–N with tert-alkyl or cyclic N) is 1. The highest BCUT2D eigenvalue weighted by atomic mass is 32.2. The van der Waals surface area contributed by atoms with Crippen molar-refractivity contribution in [1.29, 1.82) is 0 Å². The Balaban J connectivity index is 1.54. The van der Waals surface area contributed by atoms with Gasteiger partial charge in [-0.3, -0.25) is 4.79 Å². The monoisotopic (exact) mass is 556 g/mol. The third-order valence-electron chi connectivity index (χ3n) is 6.65. The molecule has 0 saturated carbocycles. The van der Waals surface area contributed by atoms with E-state index in [0.29, 0.717) is 11.1 Å². The maximum Gasteiger partial charge on any atom is 0.307 e. The molecule has 0 aliphatic heterocycles. The van der Waals surface area contributed by atoms with Crippen molar-refractivity contribution in [1.82, 2.24) is 9.62 Å². The van der Waals surface area contributed by atoms with Crippen LogP contribution in [0.15, 0.2) is 77.7 Å². The fraction of sp³-hybridized carbons (Fsp3) is 0.367. The quantitative estimate of drug-likeness (QED) is 0.270. The number of hydrogen-bond acceptors (Lipinski definition) is 5. The number of nitrogens with zero attached hydrogens (tertiary/aromatic N) is 1. The second-order valence-corrected chi connectivity index (χ2v) is 12.5. The molecule has 0 aliphatic rings. The molecule has 3 N–H and O–H groups in total. The molecule has 0 aromatic heterocycles. The van der Waals surface area contributed by atoms with Crippen LogP contribution in [0.5, 0.6) is 0 Å². The smallest absolute Gasteiger partial charge is 0.307 e. The summed E-state index contributed by atoms with van der Waals surface area (Å²) < 4.78 is 40.7. The summed E-state index contributed by atoms with van der Waals surface area (Å²) in [6.07, 6.45) is 1.54. The van der Waals surface area contributed by atoms with Crippen molar-refractivity contribution in [2.24, 2.45) is 0 Å². The summed E-state index contributed by atoms with van der Waals surface area (Å²) in [4.78, 5) is 11.0. The number of carbonyl (C=O) groups is 1. The number of likely N-dealkylation sites (N-methyl/N-ethyl adjacent to an activating group) is 1. The summed E-state index contributed by atoms with van der Waals surface area (Å²) in [5.41, 5.74) is 2.92. The van der Waals surface area contributed by atoms with E-state index in [9.17, 15) is 22.7 Å². The Morgan fingerprint density at radius 1 is 1.00 bits per heavy atom. The van der Waals surface area contributed by atoms with Crippen molar-refractivity contribution < 1.29 is 27.8 Å². The maximum absolute atomic E-state index is 13.2. The molecule has 39 heavy (non-hydrogen) atoms. The Morgan fingerprint density at radius 3 is 2.28 bits per heavy atom. The van der Waals surface area contributed by atoms with Crippen molar-refractivity contribution in [2.45, 2.75) is 56.1 Å².